The fourth-order valence-electron chi connectivity index (χ4n) is 3.64. The molecule has 1 amide bonds. The number of fused-ring (bicyclic) bond motifs is 1. The summed E-state index contributed by atoms with van der Waals surface area (Å²) in [6.07, 6.45) is 4.13. The Morgan fingerprint density at radius 1 is 1.08 bits per heavy atom. The number of amides is 1. The van der Waals surface area contributed by atoms with Crippen molar-refractivity contribution in [1.29, 1.82) is 0 Å². The van der Waals surface area contributed by atoms with E-state index in [1.165, 1.54) is 0 Å². The molecule has 3 aromatic rings. The Bertz CT molecular complexity index is 945. The molecule has 5 nitrogen and oxygen atoms in total. The molecule has 1 aliphatic carbocycles. The zero-order chi connectivity index (χ0) is 16.8. The molecule has 126 valence electrons. The van der Waals surface area contributed by atoms with Crippen LogP contribution in [0.25, 0.3) is 10.8 Å². The van der Waals surface area contributed by atoms with Gasteiger partial charge in [0.25, 0.3) is 5.91 Å². The zero-order valence-electron chi connectivity index (χ0n) is 13.9. The molecule has 1 aliphatic heterocycles. The first kappa shape index (κ1) is 14.6. The van der Waals surface area contributed by atoms with Crippen LogP contribution in [0, 0.1) is 0 Å². The largest absolute Gasteiger partial charge is 0.337 e. The van der Waals surface area contributed by atoms with Gasteiger partial charge in [-0.25, -0.2) is 0 Å². The van der Waals surface area contributed by atoms with E-state index in [-0.39, 0.29) is 11.9 Å². The van der Waals surface area contributed by atoms with Gasteiger partial charge in [0.2, 0.25) is 5.89 Å². The van der Waals surface area contributed by atoms with E-state index in [9.17, 15) is 4.79 Å². The number of carbonyl (C=O) groups is 1. The Labute approximate surface area is 145 Å². The van der Waals surface area contributed by atoms with Gasteiger partial charge in [-0.1, -0.05) is 35.5 Å². The lowest BCUT2D eigenvalue weighted by molar-refractivity contribution is 0.0710. The van der Waals surface area contributed by atoms with Gasteiger partial charge in [-0.3, -0.25) is 4.79 Å². The van der Waals surface area contributed by atoms with Gasteiger partial charge < -0.3 is 9.42 Å². The molecule has 2 heterocycles. The van der Waals surface area contributed by atoms with Crippen molar-refractivity contribution < 1.29 is 9.32 Å². The maximum atomic E-state index is 13.1. The molecule has 0 N–H and O–H groups in total. The lowest BCUT2D eigenvalue weighted by atomic mass is 10.1. The molecule has 1 atom stereocenters. The molecule has 1 unspecified atom stereocenters. The summed E-state index contributed by atoms with van der Waals surface area (Å²) in [5.41, 5.74) is 0.715. The van der Waals surface area contributed by atoms with Crippen molar-refractivity contribution in [2.45, 2.75) is 37.6 Å². The van der Waals surface area contributed by atoms with Crippen LogP contribution in [0.15, 0.2) is 47.0 Å². The summed E-state index contributed by atoms with van der Waals surface area (Å²) in [6.45, 7) is 0.734. The minimum atomic E-state index is -0.0982. The molecule has 0 bridgehead atoms. The molecule has 25 heavy (non-hydrogen) atoms. The third-order valence-electron chi connectivity index (χ3n) is 5.20. The molecule has 5 heteroatoms. The molecule has 2 aliphatic rings. The SMILES string of the molecule is O=C(c1ccc2ccccc2c1)N1CCCC1c1nc(C2CC2)no1. The number of hydrogen-bond acceptors (Lipinski definition) is 4. The van der Waals surface area contributed by atoms with Crippen molar-refractivity contribution in [1.82, 2.24) is 15.0 Å². The quantitative estimate of drug-likeness (QED) is 0.725. The lowest BCUT2D eigenvalue weighted by Gasteiger charge is -2.22. The second-order valence-electron chi connectivity index (χ2n) is 6.98. The monoisotopic (exact) mass is 333 g/mol. The van der Waals surface area contributed by atoms with Gasteiger partial charge in [-0.05, 0) is 48.6 Å². The van der Waals surface area contributed by atoms with Crippen molar-refractivity contribution in [3.05, 3.63) is 59.7 Å². The molecular weight excluding hydrogens is 314 g/mol. The fraction of sp³-hybridized carbons (Fsp3) is 0.350. The lowest BCUT2D eigenvalue weighted by Crippen LogP contribution is -2.30. The van der Waals surface area contributed by atoms with Gasteiger partial charge >= 0.3 is 0 Å². The summed E-state index contributed by atoms with van der Waals surface area (Å²) in [5.74, 6) is 1.90. The first-order valence-corrected chi connectivity index (χ1v) is 8.93. The predicted octanol–water partition coefficient (Wildman–Crippen LogP) is 4.08. The fourth-order valence-corrected chi connectivity index (χ4v) is 3.64. The summed E-state index contributed by atoms with van der Waals surface area (Å²) in [4.78, 5) is 19.5. The average Bonchev–Trinajstić information content (AvgIpc) is 3.19. The van der Waals surface area contributed by atoms with Crippen LogP contribution in [-0.2, 0) is 0 Å². The Balaban J connectivity index is 1.44. The van der Waals surface area contributed by atoms with Crippen molar-refractivity contribution in [3.8, 4) is 0 Å². The van der Waals surface area contributed by atoms with Gasteiger partial charge in [-0.15, -0.1) is 0 Å². The van der Waals surface area contributed by atoms with E-state index in [1.807, 2.05) is 41.3 Å². The summed E-state index contributed by atoms with van der Waals surface area (Å²) in [5, 5.41) is 6.33. The van der Waals surface area contributed by atoms with Crippen LogP contribution in [0.5, 0.6) is 0 Å². The summed E-state index contributed by atoms with van der Waals surface area (Å²) in [7, 11) is 0. The van der Waals surface area contributed by atoms with E-state index in [1.54, 1.807) is 0 Å². The number of likely N-dealkylation sites (tertiary alicyclic amines) is 1. The second kappa shape index (κ2) is 5.69. The van der Waals surface area contributed by atoms with Crippen LogP contribution < -0.4 is 0 Å². The number of aromatic nitrogens is 2. The topological polar surface area (TPSA) is 59.2 Å². The van der Waals surface area contributed by atoms with E-state index < -0.39 is 0 Å². The summed E-state index contributed by atoms with van der Waals surface area (Å²) < 4.78 is 5.48. The van der Waals surface area contributed by atoms with Crippen molar-refractivity contribution in [3.63, 3.8) is 0 Å². The summed E-state index contributed by atoms with van der Waals surface area (Å²) >= 11 is 0. The van der Waals surface area contributed by atoms with Gasteiger partial charge in [-0.2, -0.15) is 4.98 Å². The van der Waals surface area contributed by atoms with E-state index in [4.69, 9.17) is 4.52 Å². The van der Waals surface area contributed by atoms with Gasteiger partial charge in [0, 0.05) is 18.0 Å². The number of nitrogens with zero attached hydrogens (tertiary/aromatic N) is 3. The number of benzene rings is 2. The minimum Gasteiger partial charge on any atom is -0.337 e. The van der Waals surface area contributed by atoms with Crippen LogP contribution in [0.2, 0.25) is 0 Å². The van der Waals surface area contributed by atoms with Crippen molar-refractivity contribution >= 4 is 16.7 Å². The zero-order valence-corrected chi connectivity index (χ0v) is 13.9. The van der Waals surface area contributed by atoms with E-state index in [0.717, 1.165) is 48.8 Å². The molecule has 1 aromatic heterocycles. The van der Waals surface area contributed by atoms with Crippen LogP contribution in [0.3, 0.4) is 0 Å². The molecule has 0 spiro atoms. The highest BCUT2D eigenvalue weighted by Crippen LogP contribution is 2.40. The van der Waals surface area contributed by atoms with E-state index >= 15 is 0 Å². The third kappa shape index (κ3) is 2.60. The first-order chi connectivity index (χ1) is 12.3. The highest BCUT2D eigenvalue weighted by atomic mass is 16.5. The molecule has 1 saturated carbocycles. The van der Waals surface area contributed by atoms with Crippen LogP contribution in [0.1, 0.15) is 59.7 Å². The summed E-state index contributed by atoms with van der Waals surface area (Å²) in [6, 6.07) is 13.9. The maximum Gasteiger partial charge on any atom is 0.254 e. The highest BCUT2D eigenvalue weighted by Gasteiger charge is 2.36. The third-order valence-corrected chi connectivity index (χ3v) is 5.20. The van der Waals surface area contributed by atoms with Crippen molar-refractivity contribution in [2.24, 2.45) is 0 Å². The molecule has 5 rings (SSSR count). The standard InChI is InChI=1S/C20H19N3O2/c24-20(16-10-7-13-4-1-2-5-15(13)12-16)23-11-3-6-17(23)19-21-18(22-25-19)14-8-9-14/h1-2,4-5,7,10,12,14,17H,3,6,8-9,11H2. The number of rotatable bonds is 3. The van der Waals surface area contributed by atoms with Gasteiger partial charge in [0.15, 0.2) is 5.82 Å². The first-order valence-electron chi connectivity index (χ1n) is 8.93. The van der Waals surface area contributed by atoms with E-state index in [2.05, 4.69) is 16.2 Å². The smallest absolute Gasteiger partial charge is 0.254 e. The Morgan fingerprint density at radius 2 is 1.92 bits per heavy atom. The number of hydrogen-bond donors (Lipinski definition) is 0. The molecule has 2 aromatic carbocycles. The Kier molecular flexibility index (Phi) is 3.33. The molecule has 1 saturated heterocycles. The Morgan fingerprint density at radius 3 is 2.76 bits per heavy atom. The van der Waals surface area contributed by atoms with Gasteiger partial charge in [0.1, 0.15) is 6.04 Å². The average molecular weight is 333 g/mol. The molecule has 0 radical (unpaired) electrons. The Hall–Kier alpha value is -2.69. The highest BCUT2D eigenvalue weighted by molar-refractivity contribution is 5.98. The van der Waals surface area contributed by atoms with Crippen LogP contribution >= 0.6 is 0 Å². The second-order valence-corrected chi connectivity index (χ2v) is 6.98. The molecular formula is C20H19N3O2. The molecule has 2 fully saturated rings. The van der Waals surface area contributed by atoms with Gasteiger partial charge in [0.05, 0.1) is 0 Å². The van der Waals surface area contributed by atoms with Crippen LogP contribution in [-0.4, -0.2) is 27.5 Å². The normalized spacial score (nSPS) is 20.3. The number of carbonyl (C=O) groups excluding carboxylic acids is 1. The maximum absolute atomic E-state index is 13.1. The van der Waals surface area contributed by atoms with Crippen LogP contribution in [0.4, 0.5) is 0 Å². The minimum absolute atomic E-state index is 0.0411. The van der Waals surface area contributed by atoms with E-state index in [0.29, 0.717) is 17.4 Å². The predicted molar refractivity (Wildman–Crippen MR) is 93.2 cm³/mol. The van der Waals surface area contributed by atoms with Crippen molar-refractivity contribution in [2.75, 3.05) is 6.54 Å².